The number of rotatable bonds is 7. The maximum atomic E-state index is 12.2. The number of carbonyl (C=O) groups excluding carboxylic acids is 1. The highest BCUT2D eigenvalue weighted by Crippen LogP contribution is 2.29. The second-order valence-corrected chi connectivity index (χ2v) is 5.38. The smallest absolute Gasteiger partial charge is 0.267 e. The van der Waals surface area contributed by atoms with E-state index in [0.29, 0.717) is 17.2 Å². The van der Waals surface area contributed by atoms with Gasteiger partial charge in [0.1, 0.15) is 23.1 Å². The number of hydrogen-bond acceptors (Lipinski definition) is 6. The van der Waals surface area contributed by atoms with Gasteiger partial charge in [-0.2, -0.15) is 5.26 Å². The fourth-order valence-corrected chi connectivity index (χ4v) is 1.56. The quantitative estimate of drug-likeness (QED) is 0.518. The highest BCUT2D eigenvalue weighted by atomic mass is 16.5. The van der Waals surface area contributed by atoms with Crippen LogP contribution in [0.25, 0.3) is 0 Å². The van der Waals surface area contributed by atoms with Gasteiger partial charge in [-0.15, -0.1) is 0 Å². The zero-order valence-corrected chi connectivity index (χ0v) is 13.6. The van der Waals surface area contributed by atoms with Crippen LogP contribution in [-0.4, -0.2) is 37.4 Å². The first-order valence-electron chi connectivity index (χ1n) is 6.89. The van der Waals surface area contributed by atoms with Crippen LogP contribution in [0.3, 0.4) is 0 Å². The van der Waals surface area contributed by atoms with Crippen LogP contribution in [0.15, 0.2) is 30.0 Å². The molecule has 23 heavy (non-hydrogen) atoms. The number of benzene rings is 1. The van der Waals surface area contributed by atoms with Crippen molar-refractivity contribution in [2.45, 2.75) is 19.4 Å². The Morgan fingerprint density at radius 1 is 1.39 bits per heavy atom. The molecule has 0 aromatic heterocycles. The van der Waals surface area contributed by atoms with Gasteiger partial charge in [-0.05, 0) is 26.0 Å². The maximum Gasteiger partial charge on any atom is 0.267 e. The summed E-state index contributed by atoms with van der Waals surface area (Å²) in [5, 5.41) is 23.7. The Labute approximate surface area is 135 Å². The van der Waals surface area contributed by atoms with Crippen molar-refractivity contribution < 1.29 is 19.4 Å². The highest BCUT2D eigenvalue weighted by molar-refractivity contribution is 6.07. The zero-order valence-electron chi connectivity index (χ0n) is 13.6. The second kappa shape index (κ2) is 8.06. The summed E-state index contributed by atoms with van der Waals surface area (Å²) in [4.78, 5) is 12.2. The molecule has 0 unspecified atom stereocenters. The lowest BCUT2D eigenvalue weighted by Gasteiger charge is -2.22. The number of anilines is 1. The molecule has 1 aromatic rings. The number of nitrogens with one attached hydrogen (secondary N) is 2. The predicted octanol–water partition coefficient (Wildman–Crippen LogP) is 1.41. The van der Waals surface area contributed by atoms with Crippen molar-refractivity contribution in [3.05, 3.63) is 30.0 Å². The molecule has 0 aliphatic rings. The van der Waals surface area contributed by atoms with Crippen molar-refractivity contribution in [3.63, 3.8) is 0 Å². The monoisotopic (exact) mass is 319 g/mol. The number of carbonyl (C=O) groups is 1. The Hall–Kier alpha value is -2.72. The van der Waals surface area contributed by atoms with E-state index < -0.39 is 11.4 Å². The van der Waals surface area contributed by atoms with Gasteiger partial charge in [0, 0.05) is 12.3 Å². The number of nitrogens with zero attached hydrogens (tertiary/aromatic N) is 1. The minimum atomic E-state index is -0.643. The van der Waals surface area contributed by atoms with Gasteiger partial charge in [0.2, 0.25) is 0 Å². The molecule has 0 atom stereocenters. The van der Waals surface area contributed by atoms with E-state index in [9.17, 15) is 9.90 Å². The van der Waals surface area contributed by atoms with E-state index in [0.717, 1.165) is 0 Å². The van der Waals surface area contributed by atoms with Gasteiger partial charge >= 0.3 is 0 Å². The molecule has 0 spiro atoms. The lowest BCUT2D eigenvalue weighted by molar-refractivity contribution is -0.112. The molecular weight excluding hydrogens is 298 g/mol. The molecule has 0 saturated heterocycles. The van der Waals surface area contributed by atoms with Crippen LogP contribution in [0.2, 0.25) is 0 Å². The normalized spacial score (nSPS) is 11.4. The molecule has 7 nitrogen and oxygen atoms in total. The predicted molar refractivity (Wildman–Crippen MR) is 86.2 cm³/mol. The van der Waals surface area contributed by atoms with Crippen molar-refractivity contribution in [1.29, 1.82) is 5.26 Å². The number of ether oxygens (including phenoxy) is 2. The summed E-state index contributed by atoms with van der Waals surface area (Å²) in [6, 6.07) is 6.76. The first-order valence-corrected chi connectivity index (χ1v) is 6.89. The fraction of sp³-hybridized carbons (Fsp3) is 0.375. The number of methoxy groups -OCH3 is 2. The van der Waals surface area contributed by atoms with Gasteiger partial charge in [-0.25, -0.2) is 0 Å². The van der Waals surface area contributed by atoms with Gasteiger partial charge in [-0.3, -0.25) is 4.79 Å². The van der Waals surface area contributed by atoms with Crippen molar-refractivity contribution in [1.82, 2.24) is 5.32 Å². The minimum absolute atomic E-state index is 0.128. The van der Waals surface area contributed by atoms with Gasteiger partial charge in [0.25, 0.3) is 5.91 Å². The Kier molecular flexibility index (Phi) is 6.42. The molecule has 0 radical (unpaired) electrons. The Balaban J connectivity index is 2.97. The number of nitriles is 1. The van der Waals surface area contributed by atoms with Gasteiger partial charge in [-0.1, -0.05) is 0 Å². The minimum Gasteiger partial charge on any atom is -0.497 e. The summed E-state index contributed by atoms with van der Waals surface area (Å²) in [5.74, 6) is 0.392. The number of amides is 1. The first-order chi connectivity index (χ1) is 10.9. The van der Waals surface area contributed by atoms with E-state index in [1.165, 1.54) is 20.4 Å². The third kappa shape index (κ3) is 5.20. The standard InChI is InChI=1S/C16H21N3O4/c1-16(2,10-20)18-9-11(8-17)15(21)19-13-7-12(22-3)5-6-14(13)23-4/h5-7,9,18,20H,10H2,1-4H3,(H,19,21)/b11-9-. The lowest BCUT2D eigenvalue weighted by atomic mass is 10.1. The van der Waals surface area contributed by atoms with Crippen LogP contribution in [0.5, 0.6) is 11.5 Å². The van der Waals surface area contributed by atoms with E-state index >= 15 is 0 Å². The van der Waals surface area contributed by atoms with Crippen LogP contribution in [-0.2, 0) is 4.79 Å². The van der Waals surface area contributed by atoms with Crippen molar-refractivity contribution in [2.75, 3.05) is 26.1 Å². The van der Waals surface area contributed by atoms with Crippen LogP contribution >= 0.6 is 0 Å². The maximum absolute atomic E-state index is 12.2. The topological polar surface area (TPSA) is 104 Å². The number of aliphatic hydroxyl groups is 1. The third-order valence-corrected chi connectivity index (χ3v) is 3.02. The summed E-state index contributed by atoms with van der Waals surface area (Å²) < 4.78 is 10.3. The molecule has 0 bridgehead atoms. The molecule has 1 amide bonds. The van der Waals surface area contributed by atoms with E-state index in [-0.39, 0.29) is 12.2 Å². The van der Waals surface area contributed by atoms with E-state index in [1.54, 1.807) is 32.0 Å². The van der Waals surface area contributed by atoms with Crippen LogP contribution in [0, 0.1) is 11.3 Å². The molecule has 1 rings (SSSR count). The molecule has 0 aliphatic carbocycles. The Bertz CT molecular complexity index is 633. The molecule has 0 heterocycles. The fourth-order valence-electron chi connectivity index (χ4n) is 1.56. The molecule has 3 N–H and O–H groups in total. The summed E-state index contributed by atoms with van der Waals surface area (Å²) in [6.07, 6.45) is 1.28. The molecule has 0 saturated carbocycles. The Morgan fingerprint density at radius 2 is 2.09 bits per heavy atom. The summed E-state index contributed by atoms with van der Waals surface area (Å²) >= 11 is 0. The largest absolute Gasteiger partial charge is 0.497 e. The molecule has 1 aromatic carbocycles. The lowest BCUT2D eigenvalue weighted by Crippen LogP contribution is -2.39. The van der Waals surface area contributed by atoms with E-state index in [4.69, 9.17) is 14.7 Å². The van der Waals surface area contributed by atoms with Crippen LogP contribution in [0.4, 0.5) is 5.69 Å². The van der Waals surface area contributed by atoms with Crippen LogP contribution < -0.4 is 20.1 Å². The Morgan fingerprint density at radius 3 is 2.61 bits per heavy atom. The average Bonchev–Trinajstić information content (AvgIpc) is 2.55. The number of hydrogen-bond donors (Lipinski definition) is 3. The van der Waals surface area contributed by atoms with Crippen molar-refractivity contribution in [2.24, 2.45) is 0 Å². The molecule has 124 valence electrons. The van der Waals surface area contributed by atoms with Gasteiger partial charge in [0.05, 0.1) is 32.1 Å². The molecule has 0 aliphatic heterocycles. The van der Waals surface area contributed by atoms with Crippen molar-refractivity contribution in [3.8, 4) is 17.6 Å². The zero-order chi connectivity index (χ0) is 17.5. The van der Waals surface area contributed by atoms with E-state index in [2.05, 4.69) is 10.6 Å². The first kappa shape index (κ1) is 18.3. The van der Waals surface area contributed by atoms with Gasteiger partial charge < -0.3 is 25.2 Å². The highest BCUT2D eigenvalue weighted by Gasteiger charge is 2.17. The van der Waals surface area contributed by atoms with E-state index in [1.807, 2.05) is 6.07 Å². The van der Waals surface area contributed by atoms with Crippen LogP contribution in [0.1, 0.15) is 13.8 Å². The summed E-state index contributed by atoms with van der Waals surface area (Å²) in [5.41, 5.74) is -0.383. The third-order valence-electron chi connectivity index (χ3n) is 3.02. The number of aliphatic hydroxyl groups excluding tert-OH is 1. The van der Waals surface area contributed by atoms with Gasteiger partial charge in [0.15, 0.2) is 0 Å². The second-order valence-electron chi connectivity index (χ2n) is 5.38. The molecule has 0 fully saturated rings. The SMILES string of the molecule is COc1ccc(OC)c(NC(=O)/C(C#N)=C\NC(C)(C)CO)c1. The summed E-state index contributed by atoms with van der Waals surface area (Å²) in [6.45, 7) is 3.33. The van der Waals surface area contributed by atoms with Crippen molar-refractivity contribution >= 4 is 11.6 Å². The summed E-state index contributed by atoms with van der Waals surface area (Å²) in [7, 11) is 2.98. The molecule has 7 heteroatoms. The molecular formula is C16H21N3O4. The average molecular weight is 319 g/mol.